The third-order valence-electron chi connectivity index (χ3n) is 5.13. The van der Waals surface area contributed by atoms with E-state index in [1.54, 1.807) is 0 Å². The van der Waals surface area contributed by atoms with Crippen molar-refractivity contribution in [2.75, 3.05) is 19.6 Å². The number of rotatable bonds is 7. The summed E-state index contributed by atoms with van der Waals surface area (Å²) >= 11 is 0. The maximum absolute atomic E-state index is 12.4. The Morgan fingerprint density at radius 2 is 2.15 bits per heavy atom. The predicted octanol–water partition coefficient (Wildman–Crippen LogP) is 0.0571. The Morgan fingerprint density at radius 3 is 2.85 bits per heavy atom. The number of piperidine rings is 1. The molecule has 11 nitrogen and oxygen atoms in total. The lowest BCUT2D eigenvalue weighted by molar-refractivity contribution is -0.0328. The summed E-state index contributed by atoms with van der Waals surface area (Å²) in [5.74, 6) is 1.60. The molecular formula is C14H21N5O6S. The minimum Gasteiger partial charge on any atom is -0.724 e. The van der Waals surface area contributed by atoms with E-state index in [1.165, 1.54) is 4.90 Å². The van der Waals surface area contributed by atoms with Gasteiger partial charge in [0.1, 0.15) is 6.04 Å². The molecule has 144 valence electrons. The van der Waals surface area contributed by atoms with E-state index in [9.17, 15) is 17.8 Å². The number of carbonyl (C=O) groups excluding carboxylic acids is 1. The molecule has 0 radical (unpaired) electrons. The van der Waals surface area contributed by atoms with Gasteiger partial charge in [0.25, 0.3) is 0 Å². The van der Waals surface area contributed by atoms with E-state index < -0.39 is 28.5 Å². The normalized spacial score (nSPS) is 26.4. The Morgan fingerprint density at radius 1 is 1.35 bits per heavy atom. The van der Waals surface area contributed by atoms with Gasteiger partial charge in [-0.1, -0.05) is 0 Å². The fourth-order valence-electron chi connectivity index (χ4n) is 3.68. The molecule has 2 bridgehead atoms. The van der Waals surface area contributed by atoms with Crippen LogP contribution < -0.4 is 5.32 Å². The molecule has 3 aliphatic heterocycles. The summed E-state index contributed by atoms with van der Waals surface area (Å²) in [6.07, 6.45) is 3.78. The molecule has 1 N–H and O–H groups in total. The zero-order valence-electron chi connectivity index (χ0n) is 15.0. The third-order valence-corrected chi connectivity index (χ3v) is 5.47. The number of nitrogens with one attached hydrogen (secondary N) is 1. The highest BCUT2D eigenvalue weighted by atomic mass is 32.3. The average Bonchev–Trinajstić information content (AvgIpc) is 3.09. The summed E-state index contributed by atoms with van der Waals surface area (Å²) in [4.78, 5) is 13.8. The van der Waals surface area contributed by atoms with Gasteiger partial charge in [0.05, 0.1) is 6.04 Å². The largest absolute Gasteiger partial charge is 1.00 e. The monoisotopic (exact) mass is 387 g/mol. The fourth-order valence-corrected chi connectivity index (χ4v) is 4.06. The molecule has 0 spiro atoms. The molecular weight excluding hydrogens is 366 g/mol. The topological polar surface area (TPSA) is 141 Å². The van der Waals surface area contributed by atoms with Crippen molar-refractivity contribution in [3.63, 3.8) is 0 Å². The lowest BCUT2D eigenvalue weighted by Crippen LogP contribution is -2.41. The summed E-state index contributed by atoms with van der Waals surface area (Å²) in [6, 6.07) is -1.58. The van der Waals surface area contributed by atoms with Crippen LogP contribution >= 0.6 is 0 Å². The highest BCUT2D eigenvalue weighted by molar-refractivity contribution is 7.80. The van der Waals surface area contributed by atoms with Gasteiger partial charge in [0.2, 0.25) is 22.2 Å². The Hall–Kier alpha value is -1.76. The lowest BCUT2D eigenvalue weighted by Gasteiger charge is -2.27. The number of hydrogen-bond donors (Lipinski definition) is 1. The van der Waals surface area contributed by atoms with Gasteiger partial charge in [-0.3, -0.25) is 0 Å². The van der Waals surface area contributed by atoms with Crippen molar-refractivity contribution in [2.45, 2.75) is 44.2 Å². The van der Waals surface area contributed by atoms with Gasteiger partial charge in [-0.15, -0.1) is 10.2 Å². The second-order valence-corrected chi connectivity index (χ2v) is 7.91. The van der Waals surface area contributed by atoms with Crippen molar-refractivity contribution in [3.8, 4) is 0 Å². The number of hydrogen-bond acceptors (Lipinski definition) is 9. The van der Waals surface area contributed by atoms with Gasteiger partial charge in [-0.2, -0.15) is 9.35 Å². The number of aryl methyl sites for hydroxylation is 1. The van der Waals surface area contributed by atoms with Gasteiger partial charge in [-0.05, 0) is 44.7 Å². The molecule has 0 aliphatic carbocycles. The van der Waals surface area contributed by atoms with Crippen molar-refractivity contribution >= 4 is 16.4 Å². The first kappa shape index (κ1) is 17.6. The van der Waals surface area contributed by atoms with E-state index in [0.717, 1.165) is 31.8 Å². The van der Waals surface area contributed by atoms with Crippen LogP contribution in [-0.4, -0.2) is 64.8 Å². The van der Waals surface area contributed by atoms with Crippen molar-refractivity contribution < 1.29 is 27.9 Å². The minimum absolute atomic E-state index is 0. The number of nitrogens with zero attached hydrogens (tertiary/aromatic N) is 4. The van der Waals surface area contributed by atoms with Crippen LogP contribution in [0.5, 0.6) is 0 Å². The molecule has 4 rings (SSSR count). The quantitative estimate of drug-likeness (QED) is 0.507. The third kappa shape index (κ3) is 3.54. The zero-order valence-corrected chi connectivity index (χ0v) is 14.9. The molecule has 12 heteroatoms. The second kappa shape index (κ2) is 6.76. The fraction of sp³-hybridized carbons (Fsp3) is 0.786. The van der Waals surface area contributed by atoms with Gasteiger partial charge >= 0.3 is 7.46 Å². The van der Waals surface area contributed by atoms with Crippen molar-refractivity contribution in [3.05, 3.63) is 11.8 Å². The van der Waals surface area contributed by atoms with Crippen LogP contribution in [-0.2, 0) is 21.1 Å². The number of hydroxylamine groups is 2. The summed E-state index contributed by atoms with van der Waals surface area (Å²) < 4.78 is 42.5. The van der Waals surface area contributed by atoms with Gasteiger partial charge < -0.3 is 19.2 Å². The molecule has 0 saturated carbocycles. The van der Waals surface area contributed by atoms with Crippen molar-refractivity contribution in [1.29, 1.82) is 0 Å². The molecule has 2 atom stereocenters. The first-order chi connectivity index (χ1) is 12.4. The van der Waals surface area contributed by atoms with E-state index >= 15 is 0 Å². The first-order valence-corrected chi connectivity index (χ1v) is 10.0. The smallest absolute Gasteiger partial charge is 0.724 e. The molecule has 3 fully saturated rings. The van der Waals surface area contributed by atoms with Gasteiger partial charge in [-0.25, -0.2) is 13.2 Å². The molecule has 2 amide bonds. The van der Waals surface area contributed by atoms with Crippen LogP contribution in [0.1, 0.15) is 44.9 Å². The maximum Gasteiger partial charge on any atom is 1.00 e. The number of carbonyl (C=O) groups is 1. The van der Waals surface area contributed by atoms with E-state index in [1.807, 2.05) is 0 Å². The van der Waals surface area contributed by atoms with Crippen molar-refractivity contribution in [1.82, 2.24) is 25.5 Å². The molecule has 1 aromatic heterocycles. The van der Waals surface area contributed by atoms with Crippen LogP contribution in [0.25, 0.3) is 0 Å². The average molecular weight is 387 g/mol. The number of fused-ring (bicyclic) bond motifs is 2. The number of urea groups is 1. The van der Waals surface area contributed by atoms with E-state index in [2.05, 4.69) is 19.8 Å². The number of amides is 2. The molecule has 0 unspecified atom stereocenters. The standard InChI is InChI=1S/C14H21N5O6S/c20-14-18-8-10(19(14)25-26(21,22)23)4-5-11(18)13-17-16-12(24-13)3-1-2-9-6-15-7-9/h9-11,15H,1-8H2,(H,21,22,23)/t10-,11+/m1/s1. The maximum atomic E-state index is 12.4. The summed E-state index contributed by atoms with van der Waals surface area (Å²) in [5.41, 5.74) is 0. The Balaban J connectivity index is 0.00000210. The minimum atomic E-state index is -5.00. The first-order valence-electron chi connectivity index (χ1n) is 8.69. The van der Waals surface area contributed by atoms with Crippen LogP contribution in [0.2, 0.25) is 0 Å². The second-order valence-electron chi connectivity index (χ2n) is 6.94. The molecule has 3 aliphatic rings. The zero-order chi connectivity index (χ0) is 18.3. The van der Waals surface area contributed by atoms with Gasteiger partial charge in [0, 0.05) is 13.0 Å². The van der Waals surface area contributed by atoms with Crippen LogP contribution in [0, 0.1) is 5.92 Å². The summed E-state index contributed by atoms with van der Waals surface area (Å²) in [6.45, 7) is 2.38. The van der Waals surface area contributed by atoms with Crippen LogP contribution in [0.3, 0.4) is 0 Å². The molecule has 26 heavy (non-hydrogen) atoms. The summed E-state index contributed by atoms with van der Waals surface area (Å²) in [5, 5.41) is 12.0. The van der Waals surface area contributed by atoms with Crippen LogP contribution in [0.15, 0.2) is 4.42 Å². The summed E-state index contributed by atoms with van der Waals surface area (Å²) in [7, 11) is -5.00. The highest BCUT2D eigenvalue weighted by Crippen LogP contribution is 2.38. The van der Waals surface area contributed by atoms with Crippen molar-refractivity contribution in [2.24, 2.45) is 5.92 Å². The molecule has 1 aromatic rings. The Kier molecular flexibility index (Phi) is 4.59. The molecule has 3 saturated heterocycles. The Bertz CT molecular complexity index is 785. The van der Waals surface area contributed by atoms with Gasteiger partial charge in [0.15, 0.2) is 0 Å². The predicted molar refractivity (Wildman–Crippen MR) is 85.2 cm³/mol. The van der Waals surface area contributed by atoms with E-state index in [0.29, 0.717) is 36.1 Å². The highest BCUT2D eigenvalue weighted by Gasteiger charge is 2.48. The Labute approximate surface area is 152 Å². The van der Waals surface area contributed by atoms with E-state index in [-0.39, 0.29) is 7.97 Å². The van der Waals surface area contributed by atoms with Crippen LogP contribution in [0.4, 0.5) is 4.79 Å². The molecule has 4 heterocycles. The number of aromatic nitrogens is 2. The SMILES string of the molecule is O=C1N2C[C@@H](CC[C@H]2c2nnc(CCCC3CNC3)o2)N1OS(=O)(=O)[O-].[H+]. The van der Waals surface area contributed by atoms with E-state index in [4.69, 9.17) is 4.42 Å². The molecule has 0 aromatic carbocycles. The lowest BCUT2D eigenvalue weighted by atomic mass is 9.96.